The van der Waals surface area contributed by atoms with Crippen LogP contribution in [0.2, 0.25) is 0 Å². The van der Waals surface area contributed by atoms with Gasteiger partial charge in [0, 0.05) is 18.7 Å². The summed E-state index contributed by atoms with van der Waals surface area (Å²) in [5.41, 5.74) is 2.03. The number of hydrogen-bond donors (Lipinski definition) is 2. The first-order chi connectivity index (χ1) is 8.74. The third kappa shape index (κ3) is 2.63. The number of benzene rings is 1. The van der Waals surface area contributed by atoms with Crippen LogP contribution in [0.1, 0.15) is 5.56 Å². The van der Waals surface area contributed by atoms with Gasteiger partial charge in [0.05, 0.1) is 19.8 Å². The highest BCUT2D eigenvalue weighted by Gasteiger charge is 2.33. The van der Waals surface area contributed by atoms with E-state index in [0.717, 1.165) is 11.3 Å². The lowest BCUT2D eigenvalue weighted by molar-refractivity contribution is -0.138. The smallest absolute Gasteiger partial charge is 0.326 e. The Bertz CT molecular complexity index is 421. The molecule has 0 amide bonds. The summed E-state index contributed by atoms with van der Waals surface area (Å²) in [7, 11) is 0. The van der Waals surface area contributed by atoms with E-state index in [2.05, 4.69) is 0 Å². The number of rotatable bonds is 6. The molecule has 2 N–H and O–H groups in total. The molecule has 5 nitrogen and oxygen atoms in total. The van der Waals surface area contributed by atoms with E-state index in [9.17, 15) is 9.90 Å². The molecule has 1 aliphatic heterocycles. The van der Waals surface area contributed by atoms with Gasteiger partial charge in [-0.15, -0.1) is 0 Å². The van der Waals surface area contributed by atoms with Gasteiger partial charge in [0.25, 0.3) is 0 Å². The highest BCUT2D eigenvalue weighted by molar-refractivity contribution is 5.82. The Labute approximate surface area is 106 Å². The number of aliphatic hydroxyl groups excluding tert-OH is 1. The van der Waals surface area contributed by atoms with E-state index in [1.165, 1.54) is 0 Å². The Kier molecular flexibility index (Phi) is 4.17. The summed E-state index contributed by atoms with van der Waals surface area (Å²) in [5, 5.41) is 17.9. The summed E-state index contributed by atoms with van der Waals surface area (Å²) in [6.45, 7) is 1.21. The van der Waals surface area contributed by atoms with E-state index >= 15 is 0 Å². The maximum absolute atomic E-state index is 11.2. The predicted octanol–water partition coefficient (Wildman–Crippen LogP) is 0.511. The lowest BCUT2D eigenvalue weighted by atomic mass is 10.1. The van der Waals surface area contributed by atoms with Crippen molar-refractivity contribution in [1.29, 1.82) is 0 Å². The van der Waals surface area contributed by atoms with Gasteiger partial charge >= 0.3 is 5.97 Å². The molecule has 1 aromatic carbocycles. The first-order valence-electron chi connectivity index (χ1n) is 6.00. The van der Waals surface area contributed by atoms with Crippen LogP contribution in [0.15, 0.2) is 24.3 Å². The minimum atomic E-state index is -0.812. The van der Waals surface area contributed by atoms with Crippen LogP contribution in [0.3, 0.4) is 0 Å². The first kappa shape index (κ1) is 12.9. The summed E-state index contributed by atoms with van der Waals surface area (Å²) < 4.78 is 5.20. The zero-order valence-electron chi connectivity index (χ0n) is 10.1. The van der Waals surface area contributed by atoms with Gasteiger partial charge in [0.15, 0.2) is 0 Å². The molecule has 1 aliphatic rings. The van der Waals surface area contributed by atoms with E-state index in [1.54, 1.807) is 0 Å². The molecule has 1 heterocycles. The van der Waals surface area contributed by atoms with Crippen molar-refractivity contribution >= 4 is 11.7 Å². The van der Waals surface area contributed by atoms with Crippen molar-refractivity contribution in [1.82, 2.24) is 0 Å². The predicted molar refractivity (Wildman–Crippen MR) is 66.8 cm³/mol. The van der Waals surface area contributed by atoms with Gasteiger partial charge in [-0.25, -0.2) is 4.79 Å². The first-order valence-corrected chi connectivity index (χ1v) is 6.00. The van der Waals surface area contributed by atoms with E-state index in [-0.39, 0.29) is 13.2 Å². The number of carboxylic acids is 1. The lowest BCUT2D eigenvalue weighted by Gasteiger charge is -2.24. The summed E-state index contributed by atoms with van der Waals surface area (Å²) >= 11 is 0. The molecule has 0 saturated carbocycles. The number of anilines is 1. The average Bonchev–Trinajstić information content (AvgIpc) is 2.74. The van der Waals surface area contributed by atoms with Gasteiger partial charge in [0.1, 0.15) is 6.04 Å². The molecular formula is C13H17NO4. The molecule has 0 aromatic heterocycles. The third-order valence-corrected chi connectivity index (χ3v) is 3.09. The monoisotopic (exact) mass is 251 g/mol. The molecule has 5 heteroatoms. The molecule has 0 saturated heterocycles. The lowest BCUT2D eigenvalue weighted by Crippen LogP contribution is -2.40. The Hall–Kier alpha value is -1.59. The van der Waals surface area contributed by atoms with Gasteiger partial charge < -0.3 is 19.8 Å². The second-order valence-electron chi connectivity index (χ2n) is 4.22. The second kappa shape index (κ2) is 5.84. The van der Waals surface area contributed by atoms with E-state index in [4.69, 9.17) is 9.84 Å². The van der Waals surface area contributed by atoms with Gasteiger partial charge in [-0.2, -0.15) is 0 Å². The van der Waals surface area contributed by atoms with Crippen LogP contribution in [-0.4, -0.2) is 48.6 Å². The van der Waals surface area contributed by atoms with Crippen molar-refractivity contribution < 1.29 is 19.7 Å². The number of para-hydroxylation sites is 1. The van der Waals surface area contributed by atoms with Crippen molar-refractivity contribution in [3.05, 3.63) is 29.8 Å². The van der Waals surface area contributed by atoms with Crippen LogP contribution in [0.5, 0.6) is 0 Å². The van der Waals surface area contributed by atoms with Crippen LogP contribution in [0.25, 0.3) is 0 Å². The van der Waals surface area contributed by atoms with Crippen molar-refractivity contribution in [2.45, 2.75) is 12.5 Å². The second-order valence-corrected chi connectivity index (χ2v) is 4.22. The van der Waals surface area contributed by atoms with Crippen LogP contribution in [0.4, 0.5) is 5.69 Å². The molecule has 1 aromatic rings. The molecular weight excluding hydrogens is 234 g/mol. The zero-order valence-corrected chi connectivity index (χ0v) is 10.1. The van der Waals surface area contributed by atoms with Crippen LogP contribution in [-0.2, 0) is 16.0 Å². The summed E-state index contributed by atoms with van der Waals surface area (Å²) in [6.07, 6.45) is 0.533. The Morgan fingerprint density at radius 2 is 2.17 bits per heavy atom. The highest BCUT2D eigenvalue weighted by Crippen LogP contribution is 2.31. The fourth-order valence-electron chi connectivity index (χ4n) is 2.28. The largest absolute Gasteiger partial charge is 0.480 e. The number of fused-ring (bicyclic) bond motifs is 1. The Morgan fingerprint density at radius 1 is 1.39 bits per heavy atom. The van der Waals surface area contributed by atoms with Gasteiger partial charge in [-0.1, -0.05) is 18.2 Å². The van der Waals surface area contributed by atoms with Crippen LogP contribution < -0.4 is 4.90 Å². The molecule has 0 aliphatic carbocycles. The molecule has 1 unspecified atom stereocenters. The van der Waals surface area contributed by atoms with E-state index in [1.807, 2.05) is 29.2 Å². The van der Waals surface area contributed by atoms with Crippen molar-refractivity contribution in [2.75, 3.05) is 31.3 Å². The number of aliphatic hydroxyl groups is 1. The molecule has 1 atom stereocenters. The summed E-state index contributed by atoms with van der Waals surface area (Å²) in [4.78, 5) is 13.1. The highest BCUT2D eigenvalue weighted by atomic mass is 16.5. The molecule has 0 radical (unpaired) electrons. The quantitative estimate of drug-likeness (QED) is 0.721. The van der Waals surface area contributed by atoms with Crippen molar-refractivity contribution in [3.8, 4) is 0 Å². The fourth-order valence-corrected chi connectivity index (χ4v) is 2.28. The standard InChI is InChI=1S/C13H17NO4/c15-6-8-18-7-5-14-11-4-2-1-3-10(11)9-12(14)13(16)17/h1-4,12,15H,5-9H2,(H,16,17). The van der Waals surface area contributed by atoms with Crippen molar-refractivity contribution in [3.63, 3.8) is 0 Å². The van der Waals surface area contributed by atoms with Crippen molar-refractivity contribution in [2.24, 2.45) is 0 Å². The third-order valence-electron chi connectivity index (χ3n) is 3.09. The summed E-state index contributed by atoms with van der Waals surface area (Å²) in [5.74, 6) is -0.812. The van der Waals surface area contributed by atoms with E-state index < -0.39 is 12.0 Å². The fraction of sp³-hybridized carbons (Fsp3) is 0.462. The molecule has 98 valence electrons. The van der Waals surface area contributed by atoms with Crippen LogP contribution in [0, 0.1) is 0 Å². The van der Waals surface area contributed by atoms with Crippen LogP contribution >= 0.6 is 0 Å². The number of hydrogen-bond acceptors (Lipinski definition) is 4. The maximum Gasteiger partial charge on any atom is 0.326 e. The minimum Gasteiger partial charge on any atom is -0.480 e. The minimum absolute atomic E-state index is 0.0149. The molecule has 0 spiro atoms. The number of aliphatic carboxylic acids is 1. The SMILES string of the molecule is O=C(O)C1Cc2ccccc2N1CCOCCO. The Balaban J connectivity index is 2.06. The number of carbonyl (C=O) groups is 1. The van der Waals surface area contributed by atoms with E-state index in [0.29, 0.717) is 19.6 Å². The molecule has 18 heavy (non-hydrogen) atoms. The topological polar surface area (TPSA) is 70.0 Å². The normalized spacial score (nSPS) is 17.8. The average molecular weight is 251 g/mol. The maximum atomic E-state index is 11.2. The molecule has 2 rings (SSSR count). The number of ether oxygens (including phenoxy) is 1. The van der Waals surface area contributed by atoms with Gasteiger partial charge in [-0.3, -0.25) is 0 Å². The number of carboxylic acid groups (broad SMARTS) is 1. The van der Waals surface area contributed by atoms with Gasteiger partial charge in [0.2, 0.25) is 0 Å². The molecule has 0 bridgehead atoms. The zero-order chi connectivity index (χ0) is 13.0. The van der Waals surface area contributed by atoms with Gasteiger partial charge in [-0.05, 0) is 11.6 Å². The Morgan fingerprint density at radius 3 is 2.89 bits per heavy atom. The number of nitrogens with zero attached hydrogens (tertiary/aromatic N) is 1. The molecule has 0 fully saturated rings. The summed E-state index contributed by atoms with van der Waals surface area (Å²) in [6, 6.07) is 7.21.